The van der Waals surface area contributed by atoms with Gasteiger partial charge in [-0.15, -0.1) is 11.8 Å². The van der Waals surface area contributed by atoms with Gasteiger partial charge in [0.15, 0.2) is 0 Å². The summed E-state index contributed by atoms with van der Waals surface area (Å²) < 4.78 is 5.79. The number of ether oxygens (including phenoxy) is 1. The summed E-state index contributed by atoms with van der Waals surface area (Å²) in [4.78, 5) is 24.0. The highest BCUT2D eigenvalue weighted by molar-refractivity contribution is 8.15. The first-order chi connectivity index (χ1) is 12.1. The Morgan fingerprint density at radius 2 is 1.72 bits per heavy atom. The van der Waals surface area contributed by atoms with E-state index >= 15 is 0 Å². The molecule has 1 aliphatic rings. The number of imide groups is 1. The van der Waals surface area contributed by atoms with Crippen molar-refractivity contribution in [2.75, 3.05) is 12.9 Å². The summed E-state index contributed by atoms with van der Waals surface area (Å²) in [6.07, 6.45) is 3.47. The second kappa shape index (κ2) is 8.45. The zero-order chi connectivity index (χ0) is 17.6. The van der Waals surface area contributed by atoms with E-state index in [1.54, 1.807) is 11.8 Å². The third-order valence-electron chi connectivity index (χ3n) is 3.93. The van der Waals surface area contributed by atoms with Crippen LogP contribution in [0.3, 0.4) is 0 Å². The van der Waals surface area contributed by atoms with E-state index in [0.29, 0.717) is 13.0 Å². The van der Waals surface area contributed by atoms with Crippen LogP contribution in [0.5, 0.6) is 5.75 Å². The van der Waals surface area contributed by atoms with Crippen molar-refractivity contribution in [3.63, 3.8) is 0 Å². The Morgan fingerprint density at radius 1 is 1.04 bits per heavy atom. The van der Waals surface area contributed by atoms with Crippen LogP contribution in [0.25, 0.3) is 0 Å². The normalized spacial score (nSPS) is 16.8. The lowest BCUT2D eigenvalue weighted by atomic mass is 10.1. The summed E-state index contributed by atoms with van der Waals surface area (Å²) in [6, 6.07) is 16.2. The average molecular weight is 373 g/mol. The molecule has 0 aliphatic carbocycles. The molecule has 2 aromatic rings. The molecule has 1 saturated heterocycles. The van der Waals surface area contributed by atoms with Gasteiger partial charge in [0.2, 0.25) is 5.91 Å². The van der Waals surface area contributed by atoms with Crippen molar-refractivity contribution in [1.29, 1.82) is 0 Å². The second-order valence-electron chi connectivity index (χ2n) is 5.68. The summed E-state index contributed by atoms with van der Waals surface area (Å²) in [7, 11) is 0. The molecule has 1 N–H and O–H groups in total. The van der Waals surface area contributed by atoms with Crippen LogP contribution in [0.4, 0.5) is 4.79 Å². The number of hydrogen-bond donors (Lipinski definition) is 1. The number of amides is 2. The van der Waals surface area contributed by atoms with Crippen LogP contribution in [0.2, 0.25) is 0 Å². The van der Waals surface area contributed by atoms with Gasteiger partial charge in [-0.2, -0.15) is 0 Å². The molecular formula is C19H19NO3S2. The van der Waals surface area contributed by atoms with Gasteiger partial charge in [0.1, 0.15) is 5.75 Å². The Morgan fingerprint density at radius 3 is 2.32 bits per heavy atom. The summed E-state index contributed by atoms with van der Waals surface area (Å²) in [6.45, 7) is 0.618. The van der Waals surface area contributed by atoms with E-state index in [2.05, 4.69) is 35.8 Å². The highest BCUT2D eigenvalue weighted by Crippen LogP contribution is 2.24. The van der Waals surface area contributed by atoms with Crippen molar-refractivity contribution in [2.45, 2.75) is 23.0 Å². The van der Waals surface area contributed by atoms with Crippen LogP contribution in [-0.2, 0) is 17.6 Å². The molecule has 0 saturated carbocycles. The van der Waals surface area contributed by atoms with Crippen molar-refractivity contribution in [3.05, 3.63) is 59.7 Å². The predicted molar refractivity (Wildman–Crippen MR) is 102 cm³/mol. The molecule has 0 bridgehead atoms. The number of benzene rings is 2. The van der Waals surface area contributed by atoms with Gasteiger partial charge in [-0.25, -0.2) is 0 Å². The summed E-state index contributed by atoms with van der Waals surface area (Å²) in [5.74, 6) is 0.604. The molecule has 0 spiro atoms. The minimum atomic E-state index is -0.330. The molecule has 1 aliphatic heterocycles. The van der Waals surface area contributed by atoms with E-state index < -0.39 is 0 Å². The van der Waals surface area contributed by atoms with Gasteiger partial charge in [0.25, 0.3) is 5.24 Å². The quantitative estimate of drug-likeness (QED) is 0.746. The van der Waals surface area contributed by atoms with E-state index in [1.165, 1.54) is 10.5 Å². The van der Waals surface area contributed by atoms with Gasteiger partial charge in [-0.3, -0.25) is 14.9 Å². The lowest BCUT2D eigenvalue weighted by Gasteiger charge is -2.09. The van der Waals surface area contributed by atoms with E-state index in [1.807, 2.05) is 24.3 Å². The molecule has 2 amide bonds. The zero-order valence-corrected chi connectivity index (χ0v) is 15.5. The second-order valence-corrected chi connectivity index (χ2v) is 7.73. The number of hydrogen-bond acceptors (Lipinski definition) is 5. The first kappa shape index (κ1) is 17.9. The van der Waals surface area contributed by atoms with Crippen LogP contribution in [-0.4, -0.2) is 29.3 Å². The molecule has 4 nitrogen and oxygen atoms in total. The maximum Gasteiger partial charge on any atom is 0.286 e. The van der Waals surface area contributed by atoms with Crippen molar-refractivity contribution in [2.24, 2.45) is 0 Å². The first-order valence-corrected chi connectivity index (χ1v) is 10.1. The summed E-state index contributed by atoms with van der Waals surface area (Å²) >= 11 is 2.79. The molecule has 1 atom stereocenters. The smallest absolute Gasteiger partial charge is 0.286 e. The molecule has 25 heavy (non-hydrogen) atoms. The van der Waals surface area contributed by atoms with Crippen molar-refractivity contribution in [1.82, 2.24) is 5.32 Å². The minimum absolute atomic E-state index is 0.206. The maximum absolute atomic E-state index is 11.6. The van der Waals surface area contributed by atoms with Gasteiger partial charge < -0.3 is 4.74 Å². The Hall–Kier alpha value is -1.92. The fourth-order valence-electron chi connectivity index (χ4n) is 2.54. The SMILES string of the molecule is CSc1ccc(CCOc2ccc(CC3SC(=O)NC3=O)cc2)cc1. The average Bonchev–Trinajstić information content (AvgIpc) is 2.94. The van der Waals surface area contributed by atoms with Crippen molar-refractivity contribution >= 4 is 34.7 Å². The molecule has 0 aromatic heterocycles. The third-order valence-corrected chi connectivity index (χ3v) is 5.65. The fourth-order valence-corrected chi connectivity index (χ4v) is 3.81. The standard InChI is InChI=1S/C19H19NO3S2/c1-24-16-8-4-13(5-9-16)10-11-23-15-6-2-14(3-7-15)12-17-18(21)20-19(22)25-17/h2-9,17H,10-12H2,1H3,(H,20,21,22). The Labute approximate surface area is 155 Å². The zero-order valence-electron chi connectivity index (χ0n) is 13.9. The van der Waals surface area contributed by atoms with Crippen LogP contribution in [0.15, 0.2) is 53.4 Å². The Kier molecular flexibility index (Phi) is 6.04. The topological polar surface area (TPSA) is 55.4 Å². The summed E-state index contributed by atoms with van der Waals surface area (Å²) in [5, 5.41) is 1.71. The molecule has 3 rings (SSSR count). The molecule has 2 aromatic carbocycles. The monoisotopic (exact) mass is 373 g/mol. The number of nitrogens with one attached hydrogen (secondary N) is 1. The highest BCUT2D eigenvalue weighted by Gasteiger charge is 2.31. The molecule has 6 heteroatoms. The van der Waals surface area contributed by atoms with Crippen LogP contribution < -0.4 is 10.1 Å². The fraction of sp³-hybridized carbons (Fsp3) is 0.263. The van der Waals surface area contributed by atoms with E-state index in [0.717, 1.165) is 29.5 Å². The van der Waals surface area contributed by atoms with Crippen LogP contribution in [0, 0.1) is 0 Å². The largest absolute Gasteiger partial charge is 0.493 e. The number of carbonyl (C=O) groups is 2. The van der Waals surface area contributed by atoms with Gasteiger partial charge in [0.05, 0.1) is 11.9 Å². The lowest BCUT2D eigenvalue weighted by molar-refractivity contribution is -0.118. The van der Waals surface area contributed by atoms with E-state index in [4.69, 9.17) is 4.74 Å². The molecule has 1 unspecified atom stereocenters. The summed E-state index contributed by atoms with van der Waals surface area (Å²) in [5.41, 5.74) is 2.27. The van der Waals surface area contributed by atoms with Gasteiger partial charge in [-0.05, 0) is 48.1 Å². The molecular weight excluding hydrogens is 354 g/mol. The van der Waals surface area contributed by atoms with E-state index in [-0.39, 0.29) is 16.4 Å². The van der Waals surface area contributed by atoms with Crippen LogP contribution in [0.1, 0.15) is 11.1 Å². The van der Waals surface area contributed by atoms with Gasteiger partial charge in [0, 0.05) is 11.3 Å². The van der Waals surface area contributed by atoms with Crippen LogP contribution >= 0.6 is 23.5 Å². The molecule has 1 fully saturated rings. The molecule has 1 heterocycles. The minimum Gasteiger partial charge on any atom is -0.493 e. The molecule has 0 radical (unpaired) electrons. The van der Waals surface area contributed by atoms with E-state index in [9.17, 15) is 9.59 Å². The number of rotatable bonds is 7. The van der Waals surface area contributed by atoms with Crippen molar-refractivity contribution in [3.8, 4) is 5.75 Å². The van der Waals surface area contributed by atoms with Gasteiger partial charge >= 0.3 is 0 Å². The third kappa shape index (κ3) is 5.03. The Balaban J connectivity index is 1.47. The predicted octanol–water partition coefficient (Wildman–Crippen LogP) is 3.92. The van der Waals surface area contributed by atoms with Gasteiger partial charge in [-0.1, -0.05) is 36.0 Å². The number of thioether (sulfide) groups is 2. The van der Waals surface area contributed by atoms with Crippen molar-refractivity contribution < 1.29 is 14.3 Å². The number of carbonyl (C=O) groups excluding carboxylic acids is 2. The maximum atomic E-state index is 11.6. The first-order valence-electron chi connectivity index (χ1n) is 8.00. The lowest BCUT2D eigenvalue weighted by Crippen LogP contribution is -2.25. The molecule has 130 valence electrons. The Bertz CT molecular complexity index is 744. The highest BCUT2D eigenvalue weighted by atomic mass is 32.2.